The van der Waals surface area contributed by atoms with E-state index in [1.54, 1.807) is 0 Å². The fraction of sp³-hybridized carbons (Fsp3) is 0.333. The smallest absolute Gasteiger partial charge is 0.332 e. The van der Waals surface area contributed by atoms with E-state index >= 15 is 0 Å². The molecule has 0 bridgehead atoms. The molecule has 7 heteroatoms. The van der Waals surface area contributed by atoms with Crippen LogP contribution in [0.3, 0.4) is 0 Å². The number of aromatic hydroxyl groups is 1. The van der Waals surface area contributed by atoms with Gasteiger partial charge in [-0.25, -0.2) is 4.79 Å². The van der Waals surface area contributed by atoms with Crippen LogP contribution in [0.2, 0.25) is 5.02 Å². The van der Waals surface area contributed by atoms with Crippen molar-refractivity contribution in [1.29, 1.82) is 0 Å². The summed E-state index contributed by atoms with van der Waals surface area (Å²) in [4.78, 5) is 22.6. The lowest BCUT2D eigenvalue weighted by Gasteiger charge is -2.12. The number of carbonyl (C=O) groups is 2. The molecule has 0 saturated carbocycles. The van der Waals surface area contributed by atoms with Crippen LogP contribution in [-0.2, 0) is 14.3 Å². The van der Waals surface area contributed by atoms with Crippen molar-refractivity contribution in [1.82, 2.24) is 0 Å². The first-order valence-electron chi connectivity index (χ1n) is 5.65. The summed E-state index contributed by atoms with van der Waals surface area (Å²) in [5, 5.41) is 20.7. The second kappa shape index (κ2) is 5.46. The molecule has 1 aliphatic rings. The number of hydrogen-bond donors (Lipinski definition) is 3. The molecule has 2 rings (SSSR count). The highest BCUT2D eigenvalue weighted by Crippen LogP contribution is 2.27. The number of carboxylic acid groups (broad SMARTS) is 1. The molecule has 0 aromatic heterocycles. The van der Waals surface area contributed by atoms with Crippen LogP contribution >= 0.6 is 11.6 Å². The van der Waals surface area contributed by atoms with Crippen LogP contribution in [0.15, 0.2) is 18.2 Å². The average Bonchev–Trinajstić information content (AvgIpc) is 2.83. The van der Waals surface area contributed by atoms with Crippen LogP contribution in [0.1, 0.15) is 12.8 Å². The van der Waals surface area contributed by atoms with Crippen LogP contribution in [0.25, 0.3) is 0 Å². The Morgan fingerprint density at radius 1 is 1.32 bits per heavy atom. The van der Waals surface area contributed by atoms with E-state index in [9.17, 15) is 14.7 Å². The summed E-state index contributed by atoms with van der Waals surface area (Å²) in [5.41, 5.74) is 0.412. The van der Waals surface area contributed by atoms with Gasteiger partial charge in [0.05, 0.1) is 5.02 Å². The number of benzene rings is 1. The fourth-order valence-electron chi connectivity index (χ4n) is 1.82. The van der Waals surface area contributed by atoms with Crippen LogP contribution in [0, 0.1) is 0 Å². The fourth-order valence-corrected chi connectivity index (χ4v) is 2.00. The van der Waals surface area contributed by atoms with Gasteiger partial charge in [-0.15, -0.1) is 0 Å². The second-order valence-electron chi connectivity index (χ2n) is 4.18. The molecule has 1 aliphatic heterocycles. The Balaban J connectivity index is 1.98. The lowest BCUT2D eigenvalue weighted by molar-refractivity contribution is -0.150. The first-order valence-corrected chi connectivity index (χ1v) is 6.03. The van der Waals surface area contributed by atoms with E-state index in [0.717, 1.165) is 0 Å². The minimum atomic E-state index is -1.07. The number of ether oxygens (including phenoxy) is 1. The number of hydrogen-bond acceptors (Lipinski definition) is 4. The van der Waals surface area contributed by atoms with Crippen molar-refractivity contribution in [3.05, 3.63) is 23.2 Å². The number of nitrogens with one attached hydrogen (secondary N) is 1. The Morgan fingerprint density at radius 2 is 2.00 bits per heavy atom. The molecule has 0 aliphatic carbocycles. The van der Waals surface area contributed by atoms with Crippen molar-refractivity contribution in [3.8, 4) is 5.75 Å². The number of amides is 1. The molecule has 2 atom stereocenters. The Bertz CT molecular complexity index is 519. The highest BCUT2D eigenvalue weighted by molar-refractivity contribution is 6.32. The van der Waals surface area contributed by atoms with E-state index in [-0.39, 0.29) is 10.8 Å². The number of phenols is 1. The summed E-state index contributed by atoms with van der Waals surface area (Å²) in [6.07, 6.45) is -1.05. The van der Waals surface area contributed by atoms with Crippen molar-refractivity contribution < 1.29 is 24.5 Å². The second-order valence-corrected chi connectivity index (χ2v) is 4.59. The van der Waals surface area contributed by atoms with E-state index in [0.29, 0.717) is 18.5 Å². The molecule has 0 spiro atoms. The van der Waals surface area contributed by atoms with Gasteiger partial charge >= 0.3 is 5.97 Å². The molecule has 3 N–H and O–H groups in total. The van der Waals surface area contributed by atoms with Crippen LogP contribution in [-0.4, -0.2) is 34.3 Å². The van der Waals surface area contributed by atoms with Gasteiger partial charge in [-0.05, 0) is 31.0 Å². The molecule has 6 nitrogen and oxygen atoms in total. The minimum absolute atomic E-state index is 0.0808. The maximum atomic E-state index is 11.8. The van der Waals surface area contributed by atoms with Crippen LogP contribution in [0.5, 0.6) is 5.75 Å². The summed E-state index contributed by atoms with van der Waals surface area (Å²) in [6.45, 7) is 0. The van der Waals surface area contributed by atoms with Crippen LogP contribution in [0.4, 0.5) is 5.69 Å². The number of carboxylic acids is 1. The summed E-state index contributed by atoms with van der Waals surface area (Å²) in [7, 11) is 0. The van der Waals surface area contributed by atoms with Gasteiger partial charge in [0, 0.05) is 5.69 Å². The zero-order valence-corrected chi connectivity index (χ0v) is 10.6. The molecule has 1 aromatic carbocycles. The first-order chi connectivity index (χ1) is 8.97. The van der Waals surface area contributed by atoms with E-state index < -0.39 is 24.1 Å². The maximum Gasteiger partial charge on any atom is 0.332 e. The molecule has 1 saturated heterocycles. The molecule has 102 valence electrons. The van der Waals surface area contributed by atoms with Gasteiger partial charge in [0.1, 0.15) is 11.9 Å². The Kier molecular flexibility index (Phi) is 3.92. The van der Waals surface area contributed by atoms with Crippen molar-refractivity contribution in [2.45, 2.75) is 25.0 Å². The zero-order valence-electron chi connectivity index (χ0n) is 9.80. The Hall–Kier alpha value is -1.79. The average molecular weight is 286 g/mol. The number of aliphatic carboxylic acids is 1. The Morgan fingerprint density at radius 3 is 2.58 bits per heavy atom. The van der Waals surface area contributed by atoms with Crippen molar-refractivity contribution in [2.75, 3.05) is 5.32 Å². The third-order valence-corrected chi connectivity index (χ3v) is 3.11. The standard InChI is InChI=1S/C12H12ClNO5/c13-7-5-6(1-2-8(7)15)14-11(16)9-3-4-10(19-9)12(17)18/h1-2,5,9-10,15H,3-4H2,(H,14,16)(H,17,18). The van der Waals surface area contributed by atoms with Gasteiger partial charge in [-0.1, -0.05) is 11.6 Å². The lowest BCUT2D eigenvalue weighted by atomic mass is 10.2. The van der Waals surface area contributed by atoms with Gasteiger partial charge < -0.3 is 20.3 Å². The number of carbonyl (C=O) groups excluding carboxylic acids is 1. The SMILES string of the molecule is O=C(O)C1CCC(C(=O)Nc2ccc(O)c(Cl)c2)O1. The van der Waals surface area contributed by atoms with Crippen molar-refractivity contribution >= 4 is 29.2 Å². The predicted octanol–water partition coefficient (Wildman–Crippen LogP) is 1.62. The molecule has 1 fully saturated rings. The zero-order chi connectivity index (χ0) is 14.0. The van der Waals surface area contributed by atoms with Crippen molar-refractivity contribution in [2.24, 2.45) is 0 Å². The van der Waals surface area contributed by atoms with Gasteiger partial charge in [0.2, 0.25) is 0 Å². The third kappa shape index (κ3) is 3.15. The molecular formula is C12H12ClNO5. The largest absolute Gasteiger partial charge is 0.506 e. The molecule has 0 radical (unpaired) electrons. The number of halogens is 1. The summed E-state index contributed by atoms with van der Waals surface area (Å²) in [6, 6.07) is 4.24. The highest BCUT2D eigenvalue weighted by atomic mass is 35.5. The summed E-state index contributed by atoms with van der Waals surface area (Å²) >= 11 is 5.71. The lowest BCUT2D eigenvalue weighted by Crippen LogP contribution is -2.29. The van der Waals surface area contributed by atoms with E-state index in [4.69, 9.17) is 21.4 Å². The monoisotopic (exact) mass is 285 g/mol. The predicted molar refractivity (Wildman–Crippen MR) is 67.3 cm³/mol. The first kappa shape index (κ1) is 13.6. The molecule has 1 heterocycles. The molecule has 1 amide bonds. The molecular weight excluding hydrogens is 274 g/mol. The Labute approximate surface area is 113 Å². The van der Waals surface area contributed by atoms with Gasteiger partial charge in [0.25, 0.3) is 5.91 Å². The molecule has 19 heavy (non-hydrogen) atoms. The number of rotatable bonds is 3. The van der Waals surface area contributed by atoms with Crippen molar-refractivity contribution in [3.63, 3.8) is 0 Å². The summed E-state index contributed by atoms with van der Waals surface area (Å²) < 4.78 is 5.12. The van der Waals surface area contributed by atoms with Gasteiger partial charge in [-0.2, -0.15) is 0 Å². The van der Waals surface area contributed by atoms with Gasteiger partial charge in [-0.3, -0.25) is 4.79 Å². The normalized spacial score (nSPS) is 22.2. The molecule has 1 aromatic rings. The highest BCUT2D eigenvalue weighted by Gasteiger charge is 2.34. The van der Waals surface area contributed by atoms with Gasteiger partial charge in [0.15, 0.2) is 6.10 Å². The van der Waals surface area contributed by atoms with E-state index in [1.807, 2.05) is 0 Å². The van der Waals surface area contributed by atoms with Crippen LogP contribution < -0.4 is 5.32 Å². The number of phenolic OH excluding ortho intramolecular Hbond substituents is 1. The molecule has 2 unspecified atom stereocenters. The van der Waals surface area contributed by atoms with E-state index in [1.165, 1.54) is 18.2 Å². The topological polar surface area (TPSA) is 95.9 Å². The minimum Gasteiger partial charge on any atom is -0.506 e. The number of anilines is 1. The third-order valence-electron chi connectivity index (χ3n) is 2.80. The van der Waals surface area contributed by atoms with E-state index in [2.05, 4.69) is 5.32 Å². The maximum absolute atomic E-state index is 11.8. The summed E-state index contributed by atoms with van der Waals surface area (Å²) in [5.74, 6) is -1.57. The quantitative estimate of drug-likeness (QED) is 0.733.